The second-order valence-electron chi connectivity index (χ2n) is 4.40. The minimum atomic E-state index is -0.302. The van der Waals surface area contributed by atoms with E-state index in [2.05, 4.69) is 0 Å². The van der Waals surface area contributed by atoms with Crippen molar-refractivity contribution in [3.63, 3.8) is 0 Å². The number of aromatic nitrogens is 1. The molecule has 0 aliphatic heterocycles. The van der Waals surface area contributed by atoms with Crippen LogP contribution < -0.4 is 4.74 Å². The van der Waals surface area contributed by atoms with Crippen LogP contribution in [0.3, 0.4) is 0 Å². The van der Waals surface area contributed by atoms with E-state index < -0.39 is 0 Å². The molecule has 0 radical (unpaired) electrons. The van der Waals surface area contributed by atoms with Crippen molar-refractivity contribution >= 4 is 23.3 Å². The molecule has 20 heavy (non-hydrogen) atoms. The summed E-state index contributed by atoms with van der Waals surface area (Å²) in [5.41, 5.74) is 2.30. The number of rotatable bonds is 5. The predicted octanol–water partition coefficient (Wildman–Crippen LogP) is 2.10. The van der Waals surface area contributed by atoms with Gasteiger partial charge in [-0.2, -0.15) is 0 Å². The Morgan fingerprint density at radius 3 is 2.75 bits per heavy atom. The van der Waals surface area contributed by atoms with Gasteiger partial charge in [0.1, 0.15) is 5.75 Å². The summed E-state index contributed by atoms with van der Waals surface area (Å²) in [4.78, 5) is 22.9. The van der Waals surface area contributed by atoms with Crippen LogP contribution in [0.4, 0.5) is 0 Å². The molecule has 5 heteroatoms. The molecule has 2 rings (SSSR count). The quantitative estimate of drug-likeness (QED) is 0.619. The van der Waals surface area contributed by atoms with Crippen molar-refractivity contribution in [2.24, 2.45) is 0 Å². The van der Waals surface area contributed by atoms with Crippen molar-refractivity contribution in [2.75, 3.05) is 13.7 Å². The molecule has 0 aliphatic rings. The van der Waals surface area contributed by atoms with Gasteiger partial charge in [-0.15, -0.1) is 0 Å². The summed E-state index contributed by atoms with van der Waals surface area (Å²) >= 11 is 0. The summed E-state index contributed by atoms with van der Waals surface area (Å²) < 4.78 is 11.7. The molecule has 0 atom stereocenters. The largest absolute Gasteiger partial charge is 0.497 e. The molecule has 5 nitrogen and oxygen atoms in total. The summed E-state index contributed by atoms with van der Waals surface area (Å²) in [5.74, 6) is 0.383. The Morgan fingerprint density at radius 1 is 1.40 bits per heavy atom. The Kier molecular flexibility index (Phi) is 4.08. The fraction of sp³-hybridized carbons (Fsp3) is 0.333. The zero-order valence-electron chi connectivity index (χ0n) is 11.8. The molecule has 1 heterocycles. The number of esters is 1. The SMILES string of the molecule is CCOC(=O)Cc1c(C)n(C=O)c2ccc(OC)cc12. The molecule has 106 valence electrons. The third kappa shape index (κ3) is 2.39. The number of carbonyl (C=O) groups excluding carboxylic acids is 2. The van der Waals surface area contributed by atoms with Crippen molar-refractivity contribution < 1.29 is 19.1 Å². The zero-order valence-corrected chi connectivity index (χ0v) is 11.8. The number of hydrogen-bond acceptors (Lipinski definition) is 4. The van der Waals surface area contributed by atoms with Crippen LogP contribution in [-0.4, -0.2) is 30.7 Å². The Balaban J connectivity index is 2.58. The van der Waals surface area contributed by atoms with E-state index in [9.17, 15) is 9.59 Å². The van der Waals surface area contributed by atoms with E-state index >= 15 is 0 Å². The maximum atomic E-state index is 11.7. The highest BCUT2D eigenvalue weighted by Gasteiger charge is 2.17. The first-order valence-corrected chi connectivity index (χ1v) is 6.40. The van der Waals surface area contributed by atoms with E-state index in [0.717, 1.165) is 28.6 Å². The van der Waals surface area contributed by atoms with E-state index in [1.807, 2.05) is 19.1 Å². The first-order valence-electron chi connectivity index (χ1n) is 6.40. The smallest absolute Gasteiger partial charge is 0.310 e. The second kappa shape index (κ2) is 5.77. The Labute approximate surface area is 117 Å². The fourth-order valence-corrected chi connectivity index (χ4v) is 2.33. The van der Waals surface area contributed by atoms with Gasteiger partial charge in [-0.05, 0) is 37.6 Å². The van der Waals surface area contributed by atoms with Gasteiger partial charge in [0.05, 0.1) is 25.7 Å². The topological polar surface area (TPSA) is 57.5 Å². The number of hydrogen-bond donors (Lipinski definition) is 0. The molecule has 1 aromatic heterocycles. The van der Waals surface area contributed by atoms with Crippen LogP contribution in [0.25, 0.3) is 10.9 Å². The number of methoxy groups -OCH3 is 1. The van der Waals surface area contributed by atoms with Gasteiger partial charge in [-0.3, -0.25) is 14.2 Å². The molecule has 0 saturated carbocycles. The van der Waals surface area contributed by atoms with Crippen LogP contribution in [0.1, 0.15) is 18.2 Å². The molecule has 0 saturated heterocycles. The average Bonchev–Trinajstić information content (AvgIpc) is 2.70. The van der Waals surface area contributed by atoms with Crippen molar-refractivity contribution in [1.29, 1.82) is 0 Å². The van der Waals surface area contributed by atoms with Crippen molar-refractivity contribution in [2.45, 2.75) is 20.3 Å². The number of fused-ring (bicyclic) bond motifs is 1. The summed E-state index contributed by atoms with van der Waals surface area (Å²) in [6, 6.07) is 5.43. The molecule has 0 spiro atoms. The molecule has 0 amide bonds. The molecule has 2 aromatic rings. The number of nitrogens with zero attached hydrogens (tertiary/aromatic N) is 1. The van der Waals surface area contributed by atoms with E-state index in [1.165, 1.54) is 4.57 Å². The number of benzene rings is 1. The highest BCUT2D eigenvalue weighted by Crippen LogP contribution is 2.29. The van der Waals surface area contributed by atoms with Crippen LogP contribution in [0.5, 0.6) is 5.75 Å². The lowest BCUT2D eigenvalue weighted by Crippen LogP contribution is -2.08. The van der Waals surface area contributed by atoms with Gasteiger partial charge in [0.15, 0.2) is 0 Å². The van der Waals surface area contributed by atoms with E-state index in [0.29, 0.717) is 12.4 Å². The molecule has 0 aliphatic carbocycles. The Morgan fingerprint density at radius 2 is 2.15 bits per heavy atom. The van der Waals surface area contributed by atoms with E-state index in [4.69, 9.17) is 9.47 Å². The highest BCUT2D eigenvalue weighted by atomic mass is 16.5. The van der Waals surface area contributed by atoms with Crippen LogP contribution in [0.2, 0.25) is 0 Å². The second-order valence-corrected chi connectivity index (χ2v) is 4.40. The molecule has 0 unspecified atom stereocenters. The summed E-state index contributed by atoms with van der Waals surface area (Å²) in [6.45, 7) is 3.92. The Bertz CT molecular complexity index is 657. The zero-order chi connectivity index (χ0) is 14.7. The van der Waals surface area contributed by atoms with Crippen LogP contribution >= 0.6 is 0 Å². The van der Waals surface area contributed by atoms with Crippen LogP contribution in [0.15, 0.2) is 18.2 Å². The van der Waals surface area contributed by atoms with Gasteiger partial charge in [0.25, 0.3) is 0 Å². The van der Waals surface area contributed by atoms with Crippen LogP contribution in [-0.2, 0) is 20.7 Å². The molecule has 0 bridgehead atoms. The van der Waals surface area contributed by atoms with Crippen molar-refractivity contribution in [3.8, 4) is 5.75 Å². The standard InChI is InChI=1S/C15H17NO4/c1-4-20-15(18)8-12-10(2)16(9-17)14-6-5-11(19-3)7-13(12)14/h5-7,9H,4,8H2,1-3H3. The molecular weight excluding hydrogens is 258 g/mol. The first-order chi connectivity index (χ1) is 9.62. The molecular formula is C15H17NO4. The monoisotopic (exact) mass is 275 g/mol. The van der Waals surface area contributed by atoms with Gasteiger partial charge in [0.2, 0.25) is 6.41 Å². The molecule has 1 aromatic carbocycles. The maximum absolute atomic E-state index is 11.7. The lowest BCUT2D eigenvalue weighted by atomic mass is 10.1. The fourth-order valence-electron chi connectivity index (χ4n) is 2.33. The highest BCUT2D eigenvalue weighted by molar-refractivity contribution is 5.93. The lowest BCUT2D eigenvalue weighted by Gasteiger charge is -2.03. The number of carbonyl (C=O) groups is 2. The van der Waals surface area contributed by atoms with Crippen LogP contribution in [0, 0.1) is 6.92 Å². The van der Waals surface area contributed by atoms with Crippen molar-refractivity contribution in [3.05, 3.63) is 29.5 Å². The average molecular weight is 275 g/mol. The van der Waals surface area contributed by atoms with Gasteiger partial charge in [0, 0.05) is 11.1 Å². The predicted molar refractivity (Wildman–Crippen MR) is 75.7 cm³/mol. The minimum Gasteiger partial charge on any atom is -0.497 e. The first kappa shape index (κ1) is 14.1. The van der Waals surface area contributed by atoms with Gasteiger partial charge < -0.3 is 9.47 Å². The maximum Gasteiger partial charge on any atom is 0.310 e. The van der Waals surface area contributed by atoms with Gasteiger partial charge in [-0.25, -0.2) is 0 Å². The van der Waals surface area contributed by atoms with E-state index in [-0.39, 0.29) is 12.4 Å². The normalized spacial score (nSPS) is 10.6. The van der Waals surface area contributed by atoms with Gasteiger partial charge in [-0.1, -0.05) is 0 Å². The summed E-state index contributed by atoms with van der Waals surface area (Å²) in [5, 5.41) is 0.835. The lowest BCUT2D eigenvalue weighted by molar-refractivity contribution is -0.142. The number of ether oxygens (including phenoxy) is 2. The molecule has 0 N–H and O–H groups in total. The summed E-state index contributed by atoms with van der Waals surface area (Å²) in [6.07, 6.45) is 0.892. The van der Waals surface area contributed by atoms with Crippen molar-refractivity contribution in [1.82, 2.24) is 4.57 Å². The summed E-state index contributed by atoms with van der Waals surface area (Å²) in [7, 11) is 1.58. The van der Waals surface area contributed by atoms with E-state index in [1.54, 1.807) is 20.1 Å². The molecule has 0 fully saturated rings. The third-order valence-electron chi connectivity index (χ3n) is 3.32. The minimum absolute atomic E-state index is 0.143. The van der Waals surface area contributed by atoms with Gasteiger partial charge >= 0.3 is 5.97 Å². The third-order valence-corrected chi connectivity index (χ3v) is 3.32. The Hall–Kier alpha value is -2.30.